The Balaban J connectivity index is 1.59. The fourth-order valence-electron chi connectivity index (χ4n) is 4.44. The molecule has 1 aromatic carbocycles. The lowest BCUT2D eigenvalue weighted by Crippen LogP contribution is -2.57. The summed E-state index contributed by atoms with van der Waals surface area (Å²) in [5.41, 5.74) is 0.541. The molecule has 122 valence electrons. The molecule has 3 aliphatic rings. The van der Waals surface area contributed by atoms with Crippen molar-refractivity contribution < 1.29 is 14.3 Å². The molecular formula is C18H22N2O3. The van der Waals surface area contributed by atoms with E-state index in [1.54, 1.807) is 0 Å². The van der Waals surface area contributed by atoms with Crippen LogP contribution in [0.25, 0.3) is 0 Å². The van der Waals surface area contributed by atoms with Gasteiger partial charge in [0.2, 0.25) is 5.91 Å². The standard InChI is InChI=1S/C18H22N2O3/c1-11-8-18(2)15(19-9-11)13-14(23-18)17(22)20(16(13)21)10-12-6-4-3-5-7-12/h3-7,11,13-15,19H,8-10H2,1-2H3/t11-,13?,14-,15?,18-/m0/s1. The third kappa shape index (κ3) is 2.22. The molecule has 5 nitrogen and oxygen atoms in total. The Hall–Kier alpha value is -1.72. The Morgan fingerprint density at radius 1 is 1.26 bits per heavy atom. The number of nitrogens with one attached hydrogen (secondary N) is 1. The number of piperidine rings is 1. The molecule has 3 heterocycles. The van der Waals surface area contributed by atoms with E-state index in [1.807, 2.05) is 37.3 Å². The smallest absolute Gasteiger partial charge is 0.259 e. The third-order valence-corrected chi connectivity index (χ3v) is 5.42. The minimum absolute atomic E-state index is 0.0686. The topological polar surface area (TPSA) is 58.6 Å². The van der Waals surface area contributed by atoms with Crippen molar-refractivity contribution in [2.45, 2.75) is 44.6 Å². The van der Waals surface area contributed by atoms with Gasteiger partial charge in [-0.2, -0.15) is 0 Å². The van der Waals surface area contributed by atoms with Crippen LogP contribution in [0.3, 0.4) is 0 Å². The predicted molar refractivity (Wildman–Crippen MR) is 84.3 cm³/mol. The van der Waals surface area contributed by atoms with E-state index in [-0.39, 0.29) is 23.8 Å². The van der Waals surface area contributed by atoms with Crippen LogP contribution in [0.15, 0.2) is 30.3 Å². The van der Waals surface area contributed by atoms with Gasteiger partial charge in [-0.05, 0) is 31.4 Å². The zero-order valence-corrected chi connectivity index (χ0v) is 13.5. The zero-order valence-electron chi connectivity index (χ0n) is 13.5. The number of likely N-dealkylation sites (tertiary alicyclic amines) is 1. The maximum Gasteiger partial charge on any atom is 0.259 e. The van der Waals surface area contributed by atoms with Gasteiger partial charge in [0.25, 0.3) is 5.91 Å². The second-order valence-corrected chi connectivity index (χ2v) is 7.32. The van der Waals surface area contributed by atoms with E-state index in [1.165, 1.54) is 4.90 Å². The van der Waals surface area contributed by atoms with Gasteiger partial charge < -0.3 is 10.1 Å². The van der Waals surface area contributed by atoms with E-state index >= 15 is 0 Å². The fourth-order valence-corrected chi connectivity index (χ4v) is 4.44. The van der Waals surface area contributed by atoms with E-state index in [0.29, 0.717) is 12.5 Å². The van der Waals surface area contributed by atoms with Gasteiger partial charge in [-0.15, -0.1) is 0 Å². The van der Waals surface area contributed by atoms with Gasteiger partial charge in [0.05, 0.1) is 24.1 Å². The Morgan fingerprint density at radius 2 is 2.00 bits per heavy atom. The highest BCUT2D eigenvalue weighted by molar-refractivity contribution is 6.07. The molecule has 1 N–H and O–H groups in total. The van der Waals surface area contributed by atoms with Crippen LogP contribution in [0.2, 0.25) is 0 Å². The molecular weight excluding hydrogens is 292 g/mol. The van der Waals surface area contributed by atoms with Gasteiger partial charge in [0, 0.05) is 0 Å². The second-order valence-electron chi connectivity index (χ2n) is 7.32. The summed E-state index contributed by atoms with van der Waals surface area (Å²) in [6.07, 6.45) is 0.260. The van der Waals surface area contributed by atoms with Crippen LogP contribution in [0.4, 0.5) is 0 Å². The van der Waals surface area contributed by atoms with E-state index in [0.717, 1.165) is 18.5 Å². The van der Waals surface area contributed by atoms with Gasteiger partial charge in [-0.3, -0.25) is 14.5 Å². The lowest BCUT2D eigenvalue weighted by atomic mass is 9.78. The second kappa shape index (κ2) is 5.14. The minimum atomic E-state index is -0.626. The summed E-state index contributed by atoms with van der Waals surface area (Å²) in [5.74, 6) is -0.182. The normalized spacial score (nSPS) is 39.5. The quantitative estimate of drug-likeness (QED) is 0.837. The highest BCUT2D eigenvalue weighted by Gasteiger charge is 2.64. The first-order valence-corrected chi connectivity index (χ1v) is 8.30. The van der Waals surface area contributed by atoms with Crippen LogP contribution in [0, 0.1) is 11.8 Å². The van der Waals surface area contributed by atoms with E-state index in [4.69, 9.17) is 4.74 Å². The Bertz CT molecular complexity index is 647. The van der Waals surface area contributed by atoms with Crippen LogP contribution in [-0.2, 0) is 20.9 Å². The van der Waals surface area contributed by atoms with Crippen LogP contribution in [0.5, 0.6) is 0 Å². The number of rotatable bonds is 2. The number of carbonyl (C=O) groups excluding carboxylic acids is 2. The van der Waals surface area contributed by atoms with Crippen molar-refractivity contribution >= 4 is 11.8 Å². The van der Waals surface area contributed by atoms with Gasteiger partial charge in [0.15, 0.2) is 6.10 Å². The number of fused-ring (bicyclic) bond motifs is 3. The molecule has 2 unspecified atom stereocenters. The van der Waals surface area contributed by atoms with Crippen molar-refractivity contribution in [1.29, 1.82) is 0 Å². The van der Waals surface area contributed by atoms with Gasteiger partial charge in [-0.1, -0.05) is 37.3 Å². The van der Waals surface area contributed by atoms with Crippen molar-refractivity contribution in [2.75, 3.05) is 6.54 Å². The molecule has 5 atom stereocenters. The van der Waals surface area contributed by atoms with Crippen LogP contribution in [0.1, 0.15) is 25.8 Å². The number of amides is 2. The maximum absolute atomic E-state index is 12.9. The van der Waals surface area contributed by atoms with E-state index in [9.17, 15) is 9.59 Å². The predicted octanol–water partition coefficient (Wildman–Crippen LogP) is 1.33. The van der Waals surface area contributed by atoms with Crippen molar-refractivity contribution in [3.63, 3.8) is 0 Å². The molecule has 5 heteroatoms. The summed E-state index contributed by atoms with van der Waals surface area (Å²) in [6.45, 7) is 5.39. The number of imide groups is 1. The molecule has 0 saturated carbocycles. The van der Waals surface area contributed by atoms with Crippen LogP contribution in [-0.4, -0.2) is 41.0 Å². The van der Waals surface area contributed by atoms with Crippen LogP contribution < -0.4 is 5.32 Å². The first kappa shape index (κ1) is 14.8. The van der Waals surface area contributed by atoms with Crippen LogP contribution >= 0.6 is 0 Å². The molecule has 1 aromatic rings. The monoisotopic (exact) mass is 314 g/mol. The molecule has 0 radical (unpaired) electrons. The summed E-state index contributed by atoms with van der Waals surface area (Å²) >= 11 is 0. The first-order valence-electron chi connectivity index (χ1n) is 8.30. The summed E-state index contributed by atoms with van der Waals surface area (Å²) < 4.78 is 6.12. The number of carbonyl (C=O) groups is 2. The zero-order chi connectivity index (χ0) is 16.2. The van der Waals surface area contributed by atoms with Gasteiger partial charge in [0.1, 0.15) is 0 Å². The van der Waals surface area contributed by atoms with Crippen molar-refractivity contribution in [1.82, 2.24) is 10.2 Å². The fraction of sp³-hybridized carbons (Fsp3) is 0.556. The summed E-state index contributed by atoms with van der Waals surface area (Å²) in [5, 5.41) is 3.45. The maximum atomic E-state index is 12.9. The number of ether oxygens (including phenoxy) is 1. The highest BCUT2D eigenvalue weighted by atomic mass is 16.5. The summed E-state index contributed by atoms with van der Waals surface area (Å²) in [4.78, 5) is 27.0. The van der Waals surface area contributed by atoms with Crippen molar-refractivity contribution in [2.24, 2.45) is 11.8 Å². The first-order chi connectivity index (χ1) is 11.0. The Labute approximate surface area is 136 Å². The van der Waals surface area contributed by atoms with Crippen molar-refractivity contribution in [3.05, 3.63) is 35.9 Å². The molecule has 3 saturated heterocycles. The van der Waals surface area contributed by atoms with E-state index < -0.39 is 11.7 Å². The highest BCUT2D eigenvalue weighted by Crippen LogP contribution is 2.46. The van der Waals surface area contributed by atoms with Gasteiger partial charge >= 0.3 is 0 Å². The largest absolute Gasteiger partial charge is 0.360 e. The van der Waals surface area contributed by atoms with Gasteiger partial charge in [-0.25, -0.2) is 0 Å². The minimum Gasteiger partial charge on any atom is -0.360 e. The number of hydrogen-bond donors (Lipinski definition) is 1. The number of benzene rings is 1. The molecule has 4 rings (SSSR count). The molecule has 3 aliphatic heterocycles. The Morgan fingerprint density at radius 3 is 2.74 bits per heavy atom. The lowest BCUT2D eigenvalue weighted by molar-refractivity contribution is -0.150. The third-order valence-electron chi connectivity index (χ3n) is 5.42. The number of nitrogens with zero attached hydrogens (tertiary/aromatic N) is 1. The molecule has 0 spiro atoms. The average Bonchev–Trinajstić information content (AvgIpc) is 2.94. The van der Waals surface area contributed by atoms with Crippen molar-refractivity contribution in [3.8, 4) is 0 Å². The molecule has 0 bridgehead atoms. The molecule has 3 fully saturated rings. The molecule has 23 heavy (non-hydrogen) atoms. The molecule has 0 aromatic heterocycles. The Kier molecular flexibility index (Phi) is 3.32. The van der Waals surface area contributed by atoms with E-state index in [2.05, 4.69) is 12.2 Å². The molecule has 0 aliphatic carbocycles. The number of hydrogen-bond acceptors (Lipinski definition) is 4. The average molecular weight is 314 g/mol. The summed E-state index contributed by atoms with van der Waals surface area (Å²) in [7, 11) is 0. The lowest BCUT2D eigenvalue weighted by Gasteiger charge is -2.40. The SMILES string of the molecule is C[C@@H]1CNC2C3C(=O)N(Cc4ccccc4)C(=O)[C@H]3O[C@@]2(C)C1. The summed E-state index contributed by atoms with van der Waals surface area (Å²) in [6, 6.07) is 9.55. The molecule has 2 amide bonds.